The van der Waals surface area contributed by atoms with Crippen LogP contribution in [0.15, 0.2) is 42.5 Å². The molecule has 0 radical (unpaired) electrons. The first kappa shape index (κ1) is 16.4. The summed E-state index contributed by atoms with van der Waals surface area (Å²) in [5.74, 6) is 0. The lowest BCUT2D eigenvalue weighted by Crippen LogP contribution is -2.08. The zero-order chi connectivity index (χ0) is 16.5. The third kappa shape index (κ3) is 3.41. The van der Waals surface area contributed by atoms with Gasteiger partial charge in [0.25, 0.3) is 0 Å². The quantitative estimate of drug-likeness (QED) is 0.787. The van der Waals surface area contributed by atoms with Crippen molar-refractivity contribution >= 4 is 0 Å². The normalized spacial score (nSPS) is 12.5. The Hall–Kier alpha value is -2.02. The molecule has 0 unspecified atom stereocenters. The van der Waals surface area contributed by atoms with Gasteiger partial charge in [0.1, 0.15) is 0 Å². The van der Waals surface area contributed by atoms with Gasteiger partial charge in [0.2, 0.25) is 0 Å². The Kier molecular flexibility index (Phi) is 4.19. The van der Waals surface area contributed by atoms with Gasteiger partial charge in [-0.05, 0) is 41.0 Å². The third-order valence-electron chi connectivity index (χ3n) is 3.15. The summed E-state index contributed by atoms with van der Waals surface area (Å²) < 4.78 is 76.1. The zero-order valence-corrected chi connectivity index (χ0v) is 11.1. The van der Waals surface area contributed by atoms with Crippen LogP contribution in [0.2, 0.25) is 0 Å². The molecule has 0 aliphatic heterocycles. The molecule has 22 heavy (non-hydrogen) atoms. The molecule has 2 aromatic carbocycles. The van der Waals surface area contributed by atoms with Gasteiger partial charge in [0.05, 0.1) is 11.1 Å². The first-order chi connectivity index (χ1) is 10.1. The van der Waals surface area contributed by atoms with Crippen LogP contribution in [0.25, 0.3) is 11.1 Å². The average Bonchev–Trinajstić information content (AvgIpc) is 2.45. The van der Waals surface area contributed by atoms with E-state index in [2.05, 4.69) is 0 Å². The minimum Gasteiger partial charge on any atom is -0.326 e. The molecule has 1 nitrogen and oxygen atoms in total. The molecule has 0 spiro atoms. The number of hydrogen-bond donors (Lipinski definition) is 1. The van der Waals surface area contributed by atoms with E-state index in [1.807, 2.05) is 0 Å². The first-order valence-electron chi connectivity index (χ1n) is 6.21. The zero-order valence-electron chi connectivity index (χ0n) is 11.1. The summed E-state index contributed by atoms with van der Waals surface area (Å²) in [6, 6.07) is 7.22. The van der Waals surface area contributed by atoms with Gasteiger partial charge in [-0.2, -0.15) is 26.3 Å². The van der Waals surface area contributed by atoms with Gasteiger partial charge >= 0.3 is 12.4 Å². The molecule has 0 saturated carbocycles. The lowest BCUT2D eigenvalue weighted by molar-refractivity contribution is -0.138. The van der Waals surface area contributed by atoms with Crippen molar-refractivity contribution in [1.82, 2.24) is 0 Å². The van der Waals surface area contributed by atoms with E-state index in [0.717, 1.165) is 30.3 Å². The van der Waals surface area contributed by atoms with Crippen molar-refractivity contribution in [3.8, 4) is 11.1 Å². The van der Waals surface area contributed by atoms with E-state index in [1.54, 1.807) is 0 Å². The fourth-order valence-corrected chi connectivity index (χ4v) is 2.08. The molecule has 2 N–H and O–H groups in total. The van der Waals surface area contributed by atoms with Gasteiger partial charge in [0, 0.05) is 6.54 Å². The van der Waals surface area contributed by atoms with Gasteiger partial charge in [-0.25, -0.2) is 0 Å². The SMILES string of the molecule is NCc1cc(C(F)(F)F)ccc1-c1cccc(C(F)(F)F)c1. The Morgan fingerprint density at radius 3 is 1.91 bits per heavy atom. The second kappa shape index (κ2) is 5.64. The Bertz CT molecular complexity index is 672. The number of alkyl halides is 6. The second-order valence-electron chi connectivity index (χ2n) is 4.65. The van der Waals surface area contributed by atoms with Crippen molar-refractivity contribution in [3.63, 3.8) is 0 Å². The van der Waals surface area contributed by atoms with E-state index in [0.29, 0.717) is 0 Å². The summed E-state index contributed by atoms with van der Waals surface area (Å²) in [7, 11) is 0. The summed E-state index contributed by atoms with van der Waals surface area (Å²) in [5.41, 5.74) is 4.24. The molecule has 0 bridgehead atoms. The maximum atomic E-state index is 12.7. The highest BCUT2D eigenvalue weighted by molar-refractivity contribution is 5.68. The van der Waals surface area contributed by atoms with Crippen LogP contribution in [-0.2, 0) is 18.9 Å². The van der Waals surface area contributed by atoms with Crippen LogP contribution >= 0.6 is 0 Å². The molecule has 0 aliphatic rings. The van der Waals surface area contributed by atoms with Gasteiger partial charge in [-0.3, -0.25) is 0 Å². The maximum Gasteiger partial charge on any atom is 0.416 e. The molecule has 0 amide bonds. The predicted octanol–water partition coefficient (Wildman–Crippen LogP) is 4.85. The van der Waals surface area contributed by atoms with Crippen LogP contribution in [0.4, 0.5) is 26.3 Å². The van der Waals surface area contributed by atoms with Crippen molar-refractivity contribution in [3.05, 3.63) is 59.2 Å². The molecule has 2 aromatic rings. The van der Waals surface area contributed by atoms with Crippen molar-refractivity contribution in [1.29, 1.82) is 0 Å². The van der Waals surface area contributed by atoms with Crippen molar-refractivity contribution in [2.24, 2.45) is 5.73 Å². The molecule has 0 fully saturated rings. The molecule has 0 saturated heterocycles. The Balaban J connectivity index is 2.54. The van der Waals surface area contributed by atoms with Crippen molar-refractivity contribution in [2.75, 3.05) is 0 Å². The topological polar surface area (TPSA) is 26.0 Å². The molecule has 0 heterocycles. The maximum absolute atomic E-state index is 12.7. The molecule has 2 rings (SSSR count). The summed E-state index contributed by atoms with van der Waals surface area (Å²) in [4.78, 5) is 0. The molecule has 0 aromatic heterocycles. The fraction of sp³-hybridized carbons (Fsp3) is 0.200. The monoisotopic (exact) mass is 319 g/mol. The Morgan fingerprint density at radius 2 is 1.36 bits per heavy atom. The first-order valence-corrected chi connectivity index (χ1v) is 6.21. The summed E-state index contributed by atoms with van der Waals surface area (Å²) in [6.45, 7) is -0.213. The second-order valence-corrected chi connectivity index (χ2v) is 4.65. The van der Waals surface area contributed by atoms with Gasteiger partial charge in [-0.1, -0.05) is 18.2 Å². The molecule has 7 heteroatoms. The number of hydrogen-bond acceptors (Lipinski definition) is 1. The van der Waals surface area contributed by atoms with Crippen molar-refractivity contribution < 1.29 is 26.3 Å². The minimum absolute atomic E-state index is 0.133. The van der Waals surface area contributed by atoms with Crippen molar-refractivity contribution in [2.45, 2.75) is 18.9 Å². The summed E-state index contributed by atoms with van der Waals surface area (Å²) in [6.07, 6.45) is -9.05. The van der Waals surface area contributed by atoms with Crippen LogP contribution < -0.4 is 5.73 Å². The average molecular weight is 319 g/mol. The predicted molar refractivity (Wildman–Crippen MR) is 69.8 cm³/mol. The summed E-state index contributed by atoms with van der Waals surface area (Å²) >= 11 is 0. The largest absolute Gasteiger partial charge is 0.416 e. The van der Waals surface area contributed by atoms with Crippen LogP contribution in [0.5, 0.6) is 0 Å². The third-order valence-corrected chi connectivity index (χ3v) is 3.15. The summed E-state index contributed by atoms with van der Waals surface area (Å²) in [5, 5.41) is 0. The van der Waals surface area contributed by atoms with Crippen LogP contribution in [0.3, 0.4) is 0 Å². The smallest absolute Gasteiger partial charge is 0.326 e. The van der Waals surface area contributed by atoms with Gasteiger partial charge in [0.15, 0.2) is 0 Å². The molecular weight excluding hydrogens is 308 g/mol. The van der Waals surface area contributed by atoms with E-state index in [-0.39, 0.29) is 23.2 Å². The standard InChI is InChI=1S/C15H11F6N/c16-14(17,18)11-3-1-2-9(6-11)13-5-4-12(15(19,20)21)7-10(13)8-22/h1-7H,8,22H2. The number of rotatable bonds is 2. The van der Waals surface area contributed by atoms with Crippen LogP contribution in [-0.4, -0.2) is 0 Å². The highest BCUT2D eigenvalue weighted by Gasteiger charge is 2.32. The van der Waals surface area contributed by atoms with E-state index in [4.69, 9.17) is 5.73 Å². The van der Waals surface area contributed by atoms with Crippen LogP contribution in [0.1, 0.15) is 16.7 Å². The van der Waals surface area contributed by atoms with E-state index in [9.17, 15) is 26.3 Å². The molecule has 0 aliphatic carbocycles. The molecular formula is C15H11F6N. The van der Waals surface area contributed by atoms with Gasteiger partial charge < -0.3 is 5.73 Å². The number of benzene rings is 2. The lowest BCUT2D eigenvalue weighted by Gasteiger charge is -2.14. The van der Waals surface area contributed by atoms with E-state index >= 15 is 0 Å². The van der Waals surface area contributed by atoms with E-state index in [1.165, 1.54) is 12.1 Å². The molecule has 0 atom stereocenters. The number of halogens is 6. The van der Waals surface area contributed by atoms with Gasteiger partial charge in [-0.15, -0.1) is 0 Å². The Labute approximate surface area is 122 Å². The highest BCUT2D eigenvalue weighted by atomic mass is 19.4. The number of nitrogens with two attached hydrogens (primary N) is 1. The molecule has 118 valence electrons. The van der Waals surface area contributed by atoms with Crippen LogP contribution in [0, 0.1) is 0 Å². The highest BCUT2D eigenvalue weighted by Crippen LogP contribution is 2.35. The fourth-order valence-electron chi connectivity index (χ4n) is 2.08. The lowest BCUT2D eigenvalue weighted by atomic mass is 9.96. The Morgan fingerprint density at radius 1 is 0.773 bits per heavy atom. The van der Waals surface area contributed by atoms with E-state index < -0.39 is 23.5 Å². The minimum atomic E-state index is -4.53.